The van der Waals surface area contributed by atoms with Gasteiger partial charge in [0.2, 0.25) is 5.91 Å². The predicted molar refractivity (Wildman–Crippen MR) is 99.1 cm³/mol. The summed E-state index contributed by atoms with van der Waals surface area (Å²) in [6.45, 7) is 3.49. The number of benzene rings is 1. The van der Waals surface area contributed by atoms with E-state index in [-0.39, 0.29) is 5.91 Å². The van der Waals surface area contributed by atoms with Crippen LogP contribution in [0.3, 0.4) is 0 Å². The number of pyridine rings is 1. The van der Waals surface area contributed by atoms with Gasteiger partial charge in [-0.15, -0.1) is 0 Å². The van der Waals surface area contributed by atoms with E-state index in [0.29, 0.717) is 12.6 Å². The molecular formula is C21H24N2O2. The molecule has 4 heteroatoms. The maximum atomic E-state index is 12.3. The van der Waals surface area contributed by atoms with E-state index < -0.39 is 0 Å². The summed E-state index contributed by atoms with van der Waals surface area (Å²) < 4.78 is 5.74. The van der Waals surface area contributed by atoms with Crippen LogP contribution in [-0.4, -0.2) is 28.4 Å². The molecule has 0 saturated carbocycles. The monoisotopic (exact) mass is 336 g/mol. The molecule has 1 aromatic heterocycles. The standard InChI is InChI=1S/C21H24N2O2/c1-17-5-2-3-14-23(17)21(24)12-9-18-7-10-20(11-8-18)25-16-19-6-4-13-22-15-19/h4,6-13,15,17H,2-3,5,14,16H2,1H3/b12-9+. The van der Waals surface area contributed by atoms with Crippen LogP contribution < -0.4 is 4.74 Å². The lowest BCUT2D eigenvalue weighted by Crippen LogP contribution is -2.41. The van der Waals surface area contributed by atoms with E-state index in [1.807, 2.05) is 47.4 Å². The fraction of sp³-hybridized carbons (Fsp3) is 0.333. The maximum Gasteiger partial charge on any atom is 0.246 e. The van der Waals surface area contributed by atoms with Crippen LogP contribution >= 0.6 is 0 Å². The number of nitrogens with zero attached hydrogens (tertiary/aromatic N) is 2. The lowest BCUT2D eigenvalue weighted by Gasteiger charge is -2.32. The van der Waals surface area contributed by atoms with Crippen molar-refractivity contribution in [1.82, 2.24) is 9.88 Å². The Labute approximate surface area is 149 Å². The van der Waals surface area contributed by atoms with Gasteiger partial charge in [-0.25, -0.2) is 0 Å². The molecule has 1 aliphatic heterocycles. The first-order chi connectivity index (χ1) is 12.2. The van der Waals surface area contributed by atoms with Crippen LogP contribution in [0.5, 0.6) is 5.75 Å². The van der Waals surface area contributed by atoms with Crippen molar-refractivity contribution in [3.8, 4) is 5.75 Å². The van der Waals surface area contributed by atoms with Crippen molar-refractivity contribution in [2.45, 2.75) is 38.8 Å². The van der Waals surface area contributed by atoms with E-state index in [1.54, 1.807) is 18.5 Å². The number of aromatic nitrogens is 1. The molecule has 1 saturated heterocycles. The first kappa shape index (κ1) is 17.2. The van der Waals surface area contributed by atoms with Crippen molar-refractivity contribution in [2.75, 3.05) is 6.54 Å². The molecule has 1 amide bonds. The highest BCUT2D eigenvalue weighted by Gasteiger charge is 2.21. The van der Waals surface area contributed by atoms with Gasteiger partial charge in [0.15, 0.2) is 0 Å². The summed E-state index contributed by atoms with van der Waals surface area (Å²) in [5.41, 5.74) is 2.03. The van der Waals surface area contributed by atoms with Crippen LogP contribution in [0.4, 0.5) is 0 Å². The average Bonchev–Trinajstić information content (AvgIpc) is 2.66. The largest absolute Gasteiger partial charge is 0.489 e. The van der Waals surface area contributed by atoms with Crippen molar-refractivity contribution in [2.24, 2.45) is 0 Å². The quantitative estimate of drug-likeness (QED) is 0.773. The maximum absolute atomic E-state index is 12.3. The van der Waals surface area contributed by atoms with Gasteiger partial charge in [0, 0.05) is 36.6 Å². The number of hydrogen-bond donors (Lipinski definition) is 0. The van der Waals surface area contributed by atoms with Crippen molar-refractivity contribution in [1.29, 1.82) is 0 Å². The first-order valence-corrected chi connectivity index (χ1v) is 8.83. The third kappa shape index (κ3) is 4.92. The molecule has 2 aromatic rings. The van der Waals surface area contributed by atoms with Gasteiger partial charge in [-0.05, 0) is 56.0 Å². The lowest BCUT2D eigenvalue weighted by molar-refractivity contribution is -0.129. The summed E-state index contributed by atoms with van der Waals surface area (Å²) >= 11 is 0. The smallest absolute Gasteiger partial charge is 0.246 e. The number of amides is 1. The number of carbonyl (C=O) groups is 1. The molecule has 3 rings (SSSR count). The molecule has 1 aliphatic rings. The van der Waals surface area contributed by atoms with Crippen LogP contribution in [0, 0.1) is 0 Å². The van der Waals surface area contributed by atoms with Gasteiger partial charge >= 0.3 is 0 Å². The van der Waals surface area contributed by atoms with Gasteiger partial charge in [-0.3, -0.25) is 9.78 Å². The third-order valence-electron chi connectivity index (χ3n) is 4.51. The van der Waals surface area contributed by atoms with Gasteiger partial charge in [0.1, 0.15) is 12.4 Å². The highest BCUT2D eigenvalue weighted by atomic mass is 16.5. The van der Waals surface area contributed by atoms with E-state index in [1.165, 1.54) is 6.42 Å². The van der Waals surface area contributed by atoms with Crippen LogP contribution in [-0.2, 0) is 11.4 Å². The molecule has 25 heavy (non-hydrogen) atoms. The van der Waals surface area contributed by atoms with Crippen LogP contribution in [0.2, 0.25) is 0 Å². The van der Waals surface area contributed by atoms with E-state index in [9.17, 15) is 4.79 Å². The van der Waals surface area contributed by atoms with E-state index in [2.05, 4.69) is 11.9 Å². The van der Waals surface area contributed by atoms with Crippen LogP contribution in [0.25, 0.3) is 6.08 Å². The van der Waals surface area contributed by atoms with Gasteiger partial charge < -0.3 is 9.64 Å². The van der Waals surface area contributed by atoms with Crippen LogP contribution in [0.1, 0.15) is 37.3 Å². The summed E-state index contributed by atoms with van der Waals surface area (Å²) in [6, 6.07) is 12.0. The summed E-state index contributed by atoms with van der Waals surface area (Å²) in [5, 5.41) is 0. The first-order valence-electron chi connectivity index (χ1n) is 8.83. The fourth-order valence-electron chi connectivity index (χ4n) is 3.01. The summed E-state index contributed by atoms with van der Waals surface area (Å²) in [5.74, 6) is 0.904. The van der Waals surface area contributed by atoms with E-state index in [0.717, 1.165) is 36.3 Å². The zero-order valence-electron chi connectivity index (χ0n) is 14.6. The molecular weight excluding hydrogens is 312 g/mol. The number of piperidine rings is 1. The highest BCUT2D eigenvalue weighted by molar-refractivity contribution is 5.92. The number of likely N-dealkylation sites (tertiary alicyclic amines) is 1. The topological polar surface area (TPSA) is 42.4 Å². The van der Waals surface area contributed by atoms with Gasteiger partial charge in [0.25, 0.3) is 0 Å². The third-order valence-corrected chi connectivity index (χ3v) is 4.51. The second-order valence-electron chi connectivity index (χ2n) is 6.43. The lowest BCUT2D eigenvalue weighted by atomic mass is 10.0. The highest BCUT2D eigenvalue weighted by Crippen LogP contribution is 2.18. The molecule has 2 heterocycles. The normalized spacial score (nSPS) is 17.6. The average molecular weight is 336 g/mol. The minimum absolute atomic E-state index is 0.101. The molecule has 0 spiro atoms. The Kier molecular flexibility index (Phi) is 5.83. The molecule has 130 valence electrons. The minimum atomic E-state index is 0.101. The minimum Gasteiger partial charge on any atom is -0.489 e. The van der Waals surface area contributed by atoms with Gasteiger partial charge in [-0.2, -0.15) is 0 Å². The number of rotatable bonds is 5. The number of carbonyl (C=O) groups excluding carboxylic acids is 1. The van der Waals surface area contributed by atoms with Crippen LogP contribution in [0.15, 0.2) is 54.9 Å². The second kappa shape index (κ2) is 8.47. The molecule has 0 aliphatic carbocycles. The molecule has 0 radical (unpaired) electrons. The summed E-state index contributed by atoms with van der Waals surface area (Å²) in [4.78, 5) is 18.4. The Balaban J connectivity index is 1.54. The van der Waals surface area contributed by atoms with E-state index in [4.69, 9.17) is 4.74 Å². The predicted octanol–water partition coefficient (Wildman–Crippen LogP) is 4.07. The molecule has 1 unspecified atom stereocenters. The molecule has 4 nitrogen and oxygen atoms in total. The Morgan fingerprint density at radius 3 is 2.84 bits per heavy atom. The number of hydrogen-bond acceptors (Lipinski definition) is 3. The Morgan fingerprint density at radius 1 is 1.28 bits per heavy atom. The zero-order valence-corrected chi connectivity index (χ0v) is 14.6. The Hall–Kier alpha value is -2.62. The van der Waals surface area contributed by atoms with E-state index >= 15 is 0 Å². The van der Waals surface area contributed by atoms with Crippen molar-refractivity contribution in [3.63, 3.8) is 0 Å². The van der Waals surface area contributed by atoms with Gasteiger partial charge in [0.05, 0.1) is 0 Å². The molecule has 1 aromatic carbocycles. The molecule has 1 fully saturated rings. The molecule has 1 atom stereocenters. The van der Waals surface area contributed by atoms with Crippen molar-refractivity contribution >= 4 is 12.0 Å². The zero-order chi connectivity index (χ0) is 17.5. The fourth-order valence-corrected chi connectivity index (χ4v) is 3.01. The number of ether oxygens (including phenoxy) is 1. The van der Waals surface area contributed by atoms with Gasteiger partial charge in [-0.1, -0.05) is 18.2 Å². The molecule has 0 N–H and O–H groups in total. The summed E-state index contributed by atoms with van der Waals surface area (Å²) in [6.07, 6.45) is 10.5. The van der Waals surface area contributed by atoms with Crippen molar-refractivity contribution in [3.05, 3.63) is 66.0 Å². The SMILES string of the molecule is CC1CCCCN1C(=O)/C=C/c1ccc(OCc2cccnc2)cc1. The Bertz CT molecular complexity index is 710. The molecule has 0 bridgehead atoms. The summed E-state index contributed by atoms with van der Waals surface area (Å²) in [7, 11) is 0. The van der Waals surface area contributed by atoms with Crippen molar-refractivity contribution < 1.29 is 9.53 Å². The second-order valence-corrected chi connectivity index (χ2v) is 6.43. The Morgan fingerprint density at radius 2 is 2.12 bits per heavy atom.